The maximum atomic E-state index is 10.7. The van der Waals surface area contributed by atoms with Crippen LogP contribution in [0.2, 0.25) is 0 Å². The Labute approximate surface area is 147 Å². The number of furan rings is 1. The van der Waals surface area contributed by atoms with Crippen LogP contribution in [0, 0.1) is 24.0 Å². The first kappa shape index (κ1) is 16.8. The van der Waals surface area contributed by atoms with Crippen LogP contribution in [0.4, 0.5) is 5.88 Å². The zero-order chi connectivity index (χ0) is 18.0. The van der Waals surface area contributed by atoms with Gasteiger partial charge in [0.25, 0.3) is 0 Å². The smallest absolute Gasteiger partial charge is 0.400 e. The summed E-state index contributed by atoms with van der Waals surface area (Å²) in [5.41, 5.74) is 4.33. The van der Waals surface area contributed by atoms with E-state index in [1.165, 1.54) is 40.8 Å². The number of nitrogens with zero attached hydrogens (tertiary/aromatic N) is 4. The minimum Gasteiger partial charge on any atom is -0.400 e. The number of aromatic nitrogens is 1. The van der Waals surface area contributed by atoms with Crippen molar-refractivity contribution in [3.05, 3.63) is 67.5 Å². The van der Waals surface area contributed by atoms with Crippen LogP contribution in [-0.4, -0.2) is 22.9 Å². The van der Waals surface area contributed by atoms with Gasteiger partial charge in [-0.2, -0.15) is 5.10 Å². The molecule has 8 heteroatoms. The first-order valence-electron chi connectivity index (χ1n) is 7.49. The van der Waals surface area contributed by atoms with Gasteiger partial charge in [-0.1, -0.05) is 12.1 Å². The Morgan fingerprint density at radius 2 is 2.04 bits per heavy atom. The molecule has 2 aromatic heterocycles. The lowest BCUT2D eigenvalue weighted by Crippen LogP contribution is -2.11. The van der Waals surface area contributed by atoms with Crippen LogP contribution in [-0.2, 0) is 0 Å². The van der Waals surface area contributed by atoms with Gasteiger partial charge in [0.1, 0.15) is 4.92 Å². The Morgan fingerprint density at radius 3 is 2.68 bits per heavy atom. The second-order valence-electron chi connectivity index (χ2n) is 5.42. The van der Waals surface area contributed by atoms with E-state index in [1.807, 2.05) is 11.4 Å². The highest BCUT2D eigenvalue weighted by Crippen LogP contribution is 2.23. The van der Waals surface area contributed by atoms with Crippen LogP contribution < -0.4 is 4.80 Å². The fourth-order valence-corrected chi connectivity index (χ4v) is 3.09. The van der Waals surface area contributed by atoms with Crippen molar-refractivity contribution in [2.24, 2.45) is 10.1 Å². The van der Waals surface area contributed by atoms with E-state index in [-0.39, 0.29) is 5.88 Å². The molecule has 3 aromatic rings. The first-order chi connectivity index (χ1) is 12.0. The van der Waals surface area contributed by atoms with E-state index in [4.69, 9.17) is 4.42 Å². The Balaban J connectivity index is 2.03. The fraction of sp³-hybridized carbons (Fsp3) is 0.176. The van der Waals surface area contributed by atoms with E-state index < -0.39 is 4.92 Å². The summed E-state index contributed by atoms with van der Waals surface area (Å²) in [6.07, 6.45) is 1.44. The normalized spacial score (nSPS) is 12.2. The molecule has 2 heterocycles. The molecule has 0 radical (unpaired) electrons. The average molecular weight is 356 g/mol. The number of thiazole rings is 1. The molecule has 0 saturated carbocycles. The van der Waals surface area contributed by atoms with Gasteiger partial charge >= 0.3 is 5.88 Å². The molecule has 128 valence electrons. The Hall–Kier alpha value is -3.00. The molecule has 0 bridgehead atoms. The maximum Gasteiger partial charge on any atom is 0.433 e. The van der Waals surface area contributed by atoms with Gasteiger partial charge < -0.3 is 4.42 Å². The second-order valence-corrected chi connectivity index (χ2v) is 6.25. The van der Waals surface area contributed by atoms with Crippen molar-refractivity contribution in [2.45, 2.75) is 13.8 Å². The van der Waals surface area contributed by atoms with Gasteiger partial charge in [-0.05, 0) is 37.1 Å². The van der Waals surface area contributed by atoms with Crippen LogP contribution in [0.5, 0.6) is 0 Å². The standard InChI is InChI=1S/C17H16N4O3S/c1-11-4-5-13(8-12(11)2)15-10-25-17(18-3)20(15)19-9-14-6-7-16(24-14)21(22)23/h4-10H,1-3H3. The summed E-state index contributed by atoms with van der Waals surface area (Å²) >= 11 is 1.47. The molecule has 0 unspecified atom stereocenters. The second kappa shape index (κ2) is 6.86. The molecule has 0 fully saturated rings. The lowest BCUT2D eigenvalue weighted by Gasteiger charge is -2.06. The van der Waals surface area contributed by atoms with E-state index >= 15 is 0 Å². The van der Waals surface area contributed by atoms with Crippen molar-refractivity contribution in [3.8, 4) is 11.3 Å². The average Bonchev–Trinajstić information content (AvgIpc) is 3.21. The summed E-state index contributed by atoms with van der Waals surface area (Å²) < 4.78 is 6.81. The van der Waals surface area contributed by atoms with Crippen LogP contribution in [0.25, 0.3) is 11.3 Å². The molecule has 0 saturated heterocycles. The Kier molecular flexibility index (Phi) is 4.62. The first-order valence-corrected chi connectivity index (χ1v) is 8.37. The van der Waals surface area contributed by atoms with Gasteiger partial charge in [0.15, 0.2) is 5.76 Å². The molecule has 7 nitrogen and oxygen atoms in total. The monoisotopic (exact) mass is 356 g/mol. The molecular weight excluding hydrogens is 340 g/mol. The molecule has 25 heavy (non-hydrogen) atoms. The van der Waals surface area contributed by atoms with Gasteiger partial charge in [0.05, 0.1) is 18.0 Å². The lowest BCUT2D eigenvalue weighted by atomic mass is 10.1. The third kappa shape index (κ3) is 3.43. The molecule has 3 rings (SSSR count). The van der Waals surface area contributed by atoms with Crippen molar-refractivity contribution in [1.82, 2.24) is 4.68 Å². The molecule has 0 N–H and O–H groups in total. The highest BCUT2D eigenvalue weighted by Gasteiger charge is 2.11. The topological polar surface area (TPSA) is 85.9 Å². The highest BCUT2D eigenvalue weighted by atomic mass is 32.1. The van der Waals surface area contributed by atoms with E-state index in [9.17, 15) is 10.1 Å². The number of nitro groups is 1. The number of hydrogen-bond donors (Lipinski definition) is 0. The number of aryl methyl sites for hydroxylation is 2. The van der Waals surface area contributed by atoms with Gasteiger partial charge in [-0.15, -0.1) is 11.3 Å². The van der Waals surface area contributed by atoms with Gasteiger partial charge in [0.2, 0.25) is 4.80 Å². The third-order valence-electron chi connectivity index (χ3n) is 3.77. The van der Waals surface area contributed by atoms with Crippen molar-refractivity contribution in [3.63, 3.8) is 0 Å². The Morgan fingerprint density at radius 1 is 1.24 bits per heavy atom. The quantitative estimate of drug-likeness (QED) is 0.405. The van der Waals surface area contributed by atoms with E-state index in [2.05, 4.69) is 36.1 Å². The fourth-order valence-electron chi connectivity index (χ4n) is 2.29. The summed E-state index contributed by atoms with van der Waals surface area (Å²) in [4.78, 5) is 15.1. The van der Waals surface area contributed by atoms with Crippen LogP contribution in [0.3, 0.4) is 0 Å². The predicted molar refractivity (Wildman–Crippen MR) is 97.1 cm³/mol. The minimum absolute atomic E-state index is 0.304. The molecule has 0 aliphatic rings. The van der Waals surface area contributed by atoms with Crippen molar-refractivity contribution in [2.75, 3.05) is 7.05 Å². The zero-order valence-electron chi connectivity index (χ0n) is 14.0. The van der Waals surface area contributed by atoms with E-state index in [1.54, 1.807) is 11.7 Å². The largest absolute Gasteiger partial charge is 0.433 e. The SMILES string of the molecule is CN=c1scc(-c2ccc(C)c(C)c2)n1N=Cc1ccc([N+](=O)[O-])o1. The number of rotatable bonds is 4. The molecule has 0 atom stereocenters. The third-order valence-corrected chi connectivity index (χ3v) is 4.68. The maximum absolute atomic E-state index is 10.7. The van der Waals surface area contributed by atoms with Crippen LogP contribution in [0.15, 0.2) is 50.2 Å². The van der Waals surface area contributed by atoms with Crippen molar-refractivity contribution >= 4 is 23.4 Å². The van der Waals surface area contributed by atoms with Crippen molar-refractivity contribution in [1.29, 1.82) is 0 Å². The summed E-state index contributed by atoms with van der Waals surface area (Å²) in [5.74, 6) is -0.00922. The summed E-state index contributed by atoms with van der Waals surface area (Å²) in [6, 6.07) is 9.01. The van der Waals surface area contributed by atoms with Crippen LogP contribution in [0.1, 0.15) is 16.9 Å². The molecule has 0 spiro atoms. The molecule has 0 aliphatic heterocycles. The molecule has 1 aromatic carbocycles. The van der Waals surface area contributed by atoms with Crippen LogP contribution >= 0.6 is 11.3 Å². The van der Waals surface area contributed by atoms with Gasteiger partial charge in [-0.25, -0.2) is 4.68 Å². The van der Waals surface area contributed by atoms with E-state index in [0.717, 1.165) is 11.3 Å². The molecule has 0 aliphatic carbocycles. The predicted octanol–water partition coefficient (Wildman–Crippen LogP) is 3.75. The zero-order valence-corrected chi connectivity index (χ0v) is 14.8. The molecular formula is C17H16N4O3S. The van der Waals surface area contributed by atoms with Gasteiger partial charge in [-0.3, -0.25) is 15.1 Å². The van der Waals surface area contributed by atoms with Crippen molar-refractivity contribution < 1.29 is 9.34 Å². The minimum atomic E-state index is -0.581. The number of benzene rings is 1. The Bertz CT molecular complexity index is 1030. The summed E-state index contributed by atoms with van der Waals surface area (Å²) in [7, 11) is 1.69. The van der Waals surface area contributed by atoms with E-state index in [0.29, 0.717) is 10.6 Å². The summed E-state index contributed by atoms with van der Waals surface area (Å²) in [5, 5.41) is 17.1. The number of hydrogen-bond acceptors (Lipinski definition) is 6. The van der Waals surface area contributed by atoms with Gasteiger partial charge in [0, 0.05) is 18.0 Å². The highest BCUT2D eigenvalue weighted by molar-refractivity contribution is 7.07. The lowest BCUT2D eigenvalue weighted by molar-refractivity contribution is -0.402. The molecule has 0 amide bonds. The summed E-state index contributed by atoms with van der Waals surface area (Å²) in [6.45, 7) is 4.13.